The Morgan fingerprint density at radius 1 is 1.18 bits per heavy atom. The van der Waals surface area contributed by atoms with Crippen LogP contribution in [0.3, 0.4) is 0 Å². The topological polar surface area (TPSA) is 83.5 Å². The second-order valence-corrected chi connectivity index (χ2v) is 6.83. The summed E-state index contributed by atoms with van der Waals surface area (Å²) >= 11 is 0. The maximum atomic E-state index is 13.6. The minimum Gasteiger partial charge on any atom is -0.381 e. The van der Waals surface area contributed by atoms with E-state index in [1.807, 2.05) is 17.1 Å². The van der Waals surface area contributed by atoms with Crippen molar-refractivity contribution in [1.29, 1.82) is 0 Å². The lowest BCUT2D eigenvalue weighted by Gasteiger charge is -2.22. The van der Waals surface area contributed by atoms with Crippen molar-refractivity contribution in [3.05, 3.63) is 60.1 Å². The first kappa shape index (κ1) is 16.9. The highest BCUT2D eigenvalue weighted by Gasteiger charge is 2.17. The van der Waals surface area contributed by atoms with Gasteiger partial charge in [0.15, 0.2) is 11.2 Å². The molecule has 1 aliphatic heterocycles. The second-order valence-electron chi connectivity index (χ2n) is 6.83. The van der Waals surface area contributed by atoms with Crippen LogP contribution in [0.15, 0.2) is 42.9 Å². The van der Waals surface area contributed by atoms with Crippen molar-refractivity contribution in [1.82, 2.24) is 34.7 Å². The van der Waals surface area contributed by atoms with Gasteiger partial charge in [-0.05, 0) is 36.6 Å². The lowest BCUT2D eigenvalue weighted by Crippen LogP contribution is -2.19. The van der Waals surface area contributed by atoms with Crippen LogP contribution in [0, 0.1) is 5.82 Å². The average molecular weight is 379 g/mol. The number of halogens is 1. The number of aromatic nitrogens is 7. The van der Waals surface area contributed by atoms with Gasteiger partial charge < -0.3 is 4.74 Å². The van der Waals surface area contributed by atoms with Crippen molar-refractivity contribution in [3.8, 4) is 5.69 Å². The summed E-state index contributed by atoms with van der Waals surface area (Å²) in [7, 11) is 0. The number of hydrogen-bond donors (Lipinski definition) is 0. The van der Waals surface area contributed by atoms with Crippen LogP contribution in [-0.4, -0.2) is 48.0 Å². The van der Waals surface area contributed by atoms with E-state index in [9.17, 15) is 4.39 Å². The second kappa shape index (κ2) is 7.08. The molecule has 0 aliphatic carbocycles. The summed E-state index contributed by atoms with van der Waals surface area (Å²) in [5.74, 6) is 0.301. The first-order chi connectivity index (χ1) is 13.8. The van der Waals surface area contributed by atoms with E-state index in [0.717, 1.165) is 31.6 Å². The number of fused-ring (bicyclic) bond motifs is 1. The molecule has 28 heavy (non-hydrogen) atoms. The maximum absolute atomic E-state index is 13.6. The molecular weight excluding hydrogens is 361 g/mol. The smallest absolute Gasteiger partial charge is 0.187 e. The van der Waals surface area contributed by atoms with Gasteiger partial charge in [0.2, 0.25) is 0 Å². The fraction of sp³-hybridized carbons (Fsp3) is 0.316. The van der Waals surface area contributed by atoms with Crippen molar-refractivity contribution in [2.24, 2.45) is 0 Å². The Morgan fingerprint density at radius 2 is 2.07 bits per heavy atom. The predicted octanol–water partition coefficient (Wildman–Crippen LogP) is 2.49. The zero-order valence-corrected chi connectivity index (χ0v) is 15.1. The molecule has 1 aromatic carbocycles. The molecule has 0 spiro atoms. The first-order valence-corrected chi connectivity index (χ1v) is 9.20. The van der Waals surface area contributed by atoms with E-state index < -0.39 is 0 Å². The minimum absolute atomic E-state index is 0.337. The zero-order chi connectivity index (χ0) is 18.9. The Kier molecular flexibility index (Phi) is 4.28. The molecule has 142 valence electrons. The van der Waals surface area contributed by atoms with E-state index in [2.05, 4.69) is 25.4 Å². The molecule has 0 bridgehead atoms. The van der Waals surface area contributed by atoms with Crippen molar-refractivity contribution < 1.29 is 9.13 Å². The van der Waals surface area contributed by atoms with Crippen molar-refractivity contribution in [2.75, 3.05) is 13.2 Å². The van der Waals surface area contributed by atoms with Gasteiger partial charge in [-0.25, -0.2) is 14.4 Å². The summed E-state index contributed by atoms with van der Waals surface area (Å²) in [6.07, 6.45) is 8.04. The Labute approximate surface area is 160 Å². The summed E-state index contributed by atoms with van der Waals surface area (Å²) in [5.41, 5.74) is 2.72. The first-order valence-electron chi connectivity index (χ1n) is 9.20. The molecule has 4 heterocycles. The standard InChI is InChI=1S/C19H18FN7O/c20-14-2-1-3-16(9-14)27-19-17(24-25-27)11-21-18(23-19)8-13-10-22-26(12-13)15-4-6-28-7-5-15/h1-3,9-12,15H,4-8H2. The van der Waals surface area contributed by atoms with Crippen molar-refractivity contribution in [3.63, 3.8) is 0 Å². The molecule has 3 aromatic heterocycles. The molecule has 0 radical (unpaired) electrons. The molecule has 0 N–H and O–H groups in total. The van der Waals surface area contributed by atoms with Crippen LogP contribution in [-0.2, 0) is 11.2 Å². The number of ether oxygens (including phenoxy) is 1. The molecule has 5 rings (SSSR count). The van der Waals surface area contributed by atoms with Gasteiger partial charge in [-0.3, -0.25) is 4.68 Å². The Morgan fingerprint density at radius 3 is 2.93 bits per heavy atom. The number of rotatable bonds is 4. The summed E-state index contributed by atoms with van der Waals surface area (Å²) in [4.78, 5) is 9.00. The normalized spacial score (nSPS) is 15.3. The van der Waals surface area contributed by atoms with Crippen LogP contribution in [0.4, 0.5) is 4.39 Å². The predicted molar refractivity (Wildman–Crippen MR) is 98.5 cm³/mol. The van der Waals surface area contributed by atoms with Crippen molar-refractivity contribution in [2.45, 2.75) is 25.3 Å². The third kappa shape index (κ3) is 3.24. The average Bonchev–Trinajstić information content (AvgIpc) is 3.35. The lowest BCUT2D eigenvalue weighted by molar-refractivity contribution is 0.0662. The van der Waals surface area contributed by atoms with Crippen LogP contribution in [0.25, 0.3) is 16.9 Å². The largest absolute Gasteiger partial charge is 0.381 e. The minimum atomic E-state index is -0.337. The maximum Gasteiger partial charge on any atom is 0.187 e. The molecule has 0 unspecified atom stereocenters. The van der Waals surface area contributed by atoms with E-state index in [-0.39, 0.29) is 5.82 Å². The fourth-order valence-corrected chi connectivity index (χ4v) is 3.43. The molecule has 1 saturated heterocycles. The molecule has 0 atom stereocenters. The van der Waals surface area contributed by atoms with Crippen LogP contribution in [0.5, 0.6) is 0 Å². The highest BCUT2D eigenvalue weighted by atomic mass is 19.1. The molecule has 0 saturated carbocycles. The van der Waals surface area contributed by atoms with E-state index in [0.29, 0.717) is 35.1 Å². The van der Waals surface area contributed by atoms with Gasteiger partial charge in [-0.1, -0.05) is 11.3 Å². The van der Waals surface area contributed by atoms with Gasteiger partial charge in [0.05, 0.1) is 24.1 Å². The molecule has 0 amide bonds. The molecule has 8 nitrogen and oxygen atoms in total. The number of hydrogen-bond acceptors (Lipinski definition) is 6. The summed E-state index contributed by atoms with van der Waals surface area (Å²) in [6, 6.07) is 6.55. The number of benzene rings is 1. The lowest BCUT2D eigenvalue weighted by atomic mass is 10.1. The molecule has 4 aromatic rings. The third-order valence-corrected chi connectivity index (χ3v) is 4.88. The van der Waals surface area contributed by atoms with Crippen LogP contribution >= 0.6 is 0 Å². The van der Waals surface area contributed by atoms with Crippen LogP contribution in [0.2, 0.25) is 0 Å². The van der Waals surface area contributed by atoms with E-state index >= 15 is 0 Å². The molecule has 1 fully saturated rings. The Bertz CT molecular complexity index is 1120. The molecule has 1 aliphatic rings. The summed E-state index contributed by atoms with van der Waals surface area (Å²) in [6.45, 7) is 1.55. The van der Waals surface area contributed by atoms with Crippen LogP contribution in [0.1, 0.15) is 30.3 Å². The fourth-order valence-electron chi connectivity index (χ4n) is 3.43. The summed E-state index contributed by atoms with van der Waals surface area (Å²) < 4.78 is 22.5. The highest BCUT2D eigenvalue weighted by molar-refractivity contribution is 5.70. The zero-order valence-electron chi connectivity index (χ0n) is 15.1. The van der Waals surface area contributed by atoms with Gasteiger partial charge >= 0.3 is 0 Å². The van der Waals surface area contributed by atoms with Gasteiger partial charge in [0.1, 0.15) is 11.6 Å². The van der Waals surface area contributed by atoms with Gasteiger partial charge in [-0.15, -0.1) is 5.10 Å². The van der Waals surface area contributed by atoms with E-state index in [1.165, 1.54) is 16.8 Å². The number of nitrogens with zero attached hydrogens (tertiary/aromatic N) is 7. The Hall–Kier alpha value is -3.20. The molecular formula is C19H18FN7O. The third-order valence-electron chi connectivity index (χ3n) is 4.88. The monoisotopic (exact) mass is 379 g/mol. The molecule has 9 heteroatoms. The van der Waals surface area contributed by atoms with Crippen molar-refractivity contribution >= 4 is 11.2 Å². The van der Waals surface area contributed by atoms with Crippen LogP contribution < -0.4 is 0 Å². The van der Waals surface area contributed by atoms with E-state index in [1.54, 1.807) is 18.3 Å². The van der Waals surface area contributed by atoms with Gasteiger partial charge in [-0.2, -0.15) is 9.78 Å². The summed E-state index contributed by atoms with van der Waals surface area (Å²) in [5, 5.41) is 12.7. The van der Waals surface area contributed by atoms with Gasteiger partial charge in [0, 0.05) is 25.8 Å². The van der Waals surface area contributed by atoms with E-state index in [4.69, 9.17) is 4.74 Å². The quantitative estimate of drug-likeness (QED) is 0.542. The SMILES string of the molecule is Fc1cccc(-n2nnc3cnc(Cc4cnn(C5CCOCC5)c4)nc32)c1. The Balaban J connectivity index is 1.42. The highest BCUT2D eigenvalue weighted by Crippen LogP contribution is 2.21. The van der Waals surface area contributed by atoms with Gasteiger partial charge in [0.25, 0.3) is 0 Å².